The van der Waals surface area contributed by atoms with Crippen LogP contribution in [0.2, 0.25) is 0 Å². The summed E-state index contributed by atoms with van der Waals surface area (Å²) in [6.45, 7) is 1.00. The van der Waals surface area contributed by atoms with Crippen molar-refractivity contribution in [2.75, 3.05) is 36.0 Å². The lowest BCUT2D eigenvalue weighted by atomic mass is 10.0. The molecule has 21 heavy (non-hydrogen) atoms. The molecule has 1 aromatic carbocycles. The summed E-state index contributed by atoms with van der Waals surface area (Å²) >= 11 is 0. The lowest BCUT2D eigenvalue weighted by molar-refractivity contribution is 0.393. The van der Waals surface area contributed by atoms with Gasteiger partial charge < -0.3 is 10.2 Å². The maximum Gasteiger partial charge on any atom is 0.232 e. The van der Waals surface area contributed by atoms with Crippen LogP contribution < -0.4 is 14.9 Å². The van der Waals surface area contributed by atoms with Crippen molar-refractivity contribution in [1.82, 2.24) is 5.32 Å². The summed E-state index contributed by atoms with van der Waals surface area (Å²) in [4.78, 5) is 1.98. The van der Waals surface area contributed by atoms with Crippen LogP contribution in [0.25, 0.3) is 0 Å². The molecule has 1 atom stereocenters. The maximum absolute atomic E-state index is 12.1. The first-order valence-corrected chi connectivity index (χ1v) is 9.13. The van der Waals surface area contributed by atoms with Gasteiger partial charge in [-0.15, -0.1) is 0 Å². The first-order valence-electron chi connectivity index (χ1n) is 7.47. The van der Waals surface area contributed by atoms with Crippen LogP contribution in [0.3, 0.4) is 0 Å². The zero-order valence-corrected chi connectivity index (χ0v) is 13.6. The van der Waals surface area contributed by atoms with E-state index < -0.39 is 10.0 Å². The van der Waals surface area contributed by atoms with Gasteiger partial charge in [-0.05, 0) is 50.1 Å². The third kappa shape index (κ3) is 5.21. The summed E-state index contributed by atoms with van der Waals surface area (Å²) in [5.74, 6) is 0.167. The Bertz CT molecular complexity index is 535. The van der Waals surface area contributed by atoms with E-state index in [1.165, 1.54) is 12.8 Å². The normalized spacial score (nSPS) is 19.2. The molecule has 1 aliphatic heterocycles. The Morgan fingerprint density at radius 2 is 1.95 bits per heavy atom. The van der Waals surface area contributed by atoms with Crippen LogP contribution in [-0.2, 0) is 10.0 Å². The van der Waals surface area contributed by atoms with Gasteiger partial charge in [0.2, 0.25) is 10.0 Å². The predicted octanol–water partition coefficient (Wildman–Crippen LogP) is 2.03. The largest absolute Gasteiger partial charge is 0.378 e. The van der Waals surface area contributed by atoms with E-state index in [9.17, 15) is 8.42 Å². The summed E-state index contributed by atoms with van der Waals surface area (Å²) in [5, 5.41) is 3.38. The van der Waals surface area contributed by atoms with Crippen LogP contribution in [-0.4, -0.2) is 40.9 Å². The Hall–Kier alpha value is -1.27. The number of benzene rings is 1. The Kier molecular flexibility index (Phi) is 5.47. The first-order chi connectivity index (χ1) is 9.96. The highest BCUT2D eigenvalue weighted by Crippen LogP contribution is 2.17. The van der Waals surface area contributed by atoms with Crippen LogP contribution in [0.4, 0.5) is 11.4 Å². The van der Waals surface area contributed by atoms with Gasteiger partial charge >= 0.3 is 0 Å². The molecule has 0 aliphatic carbocycles. The van der Waals surface area contributed by atoms with E-state index in [1.807, 2.05) is 31.1 Å². The van der Waals surface area contributed by atoms with Gasteiger partial charge in [-0.1, -0.05) is 6.42 Å². The SMILES string of the molecule is CN(C)c1ccc(NS(=O)(=O)CCC2CCCCN2)cc1. The average Bonchev–Trinajstić information content (AvgIpc) is 2.46. The molecular weight excluding hydrogens is 286 g/mol. The minimum Gasteiger partial charge on any atom is -0.378 e. The molecule has 5 nitrogen and oxygen atoms in total. The number of rotatable bonds is 6. The number of piperidine rings is 1. The lowest BCUT2D eigenvalue weighted by Crippen LogP contribution is -2.36. The molecule has 2 rings (SSSR count). The fraction of sp³-hybridized carbons (Fsp3) is 0.600. The van der Waals surface area contributed by atoms with E-state index in [4.69, 9.17) is 0 Å². The zero-order chi connectivity index (χ0) is 15.3. The summed E-state index contributed by atoms with van der Waals surface area (Å²) in [7, 11) is 0.639. The lowest BCUT2D eigenvalue weighted by Gasteiger charge is -2.23. The topological polar surface area (TPSA) is 61.4 Å². The number of hydrogen-bond acceptors (Lipinski definition) is 4. The number of hydrogen-bond donors (Lipinski definition) is 2. The maximum atomic E-state index is 12.1. The Labute approximate surface area is 127 Å². The predicted molar refractivity (Wildman–Crippen MR) is 88.4 cm³/mol. The summed E-state index contributed by atoms with van der Waals surface area (Å²) in [6.07, 6.45) is 4.13. The van der Waals surface area contributed by atoms with Crippen LogP contribution in [0, 0.1) is 0 Å². The van der Waals surface area contributed by atoms with E-state index >= 15 is 0 Å². The number of nitrogens with one attached hydrogen (secondary N) is 2. The van der Waals surface area contributed by atoms with Gasteiger partial charge in [0, 0.05) is 31.5 Å². The molecule has 1 unspecified atom stereocenters. The van der Waals surface area contributed by atoms with Crippen LogP contribution in [0.5, 0.6) is 0 Å². The third-order valence-electron chi connectivity index (χ3n) is 3.80. The van der Waals surface area contributed by atoms with Gasteiger partial charge in [-0.3, -0.25) is 4.72 Å². The minimum absolute atomic E-state index is 0.167. The van der Waals surface area contributed by atoms with E-state index in [0.717, 1.165) is 18.7 Å². The molecule has 2 N–H and O–H groups in total. The van der Waals surface area contributed by atoms with Crippen molar-refractivity contribution >= 4 is 21.4 Å². The van der Waals surface area contributed by atoms with Crippen LogP contribution in [0.15, 0.2) is 24.3 Å². The molecule has 1 saturated heterocycles. The van der Waals surface area contributed by atoms with Crippen LogP contribution >= 0.6 is 0 Å². The smallest absolute Gasteiger partial charge is 0.232 e. The van der Waals surface area contributed by atoms with Gasteiger partial charge in [-0.2, -0.15) is 0 Å². The molecule has 1 aromatic rings. The van der Waals surface area contributed by atoms with Gasteiger partial charge in [0.15, 0.2) is 0 Å². The summed E-state index contributed by atoms with van der Waals surface area (Å²) in [5.41, 5.74) is 1.67. The second-order valence-electron chi connectivity index (χ2n) is 5.80. The van der Waals surface area contributed by atoms with Gasteiger partial charge in [0.25, 0.3) is 0 Å². The second-order valence-corrected chi connectivity index (χ2v) is 7.64. The first kappa shape index (κ1) is 16.1. The molecule has 1 fully saturated rings. The fourth-order valence-electron chi connectivity index (χ4n) is 2.53. The molecule has 6 heteroatoms. The van der Waals surface area contributed by atoms with Crippen molar-refractivity contribution in [2.45, 2.75) is 31.7 Å². The molecule has 0 aromatic heterocycles. The van der Waals surface area contributed by atoms with Crippen LogP contribution in [0.1, 0.15) is 25.7 Å². The molecular formula is C15H25N3O2S. The van der Waals surface area contributed by atoms with Gasteiger partial charge in [0.05, 0.1) is 5.75 Å². The van der Waals surface area contributed by atoms with Gasteiger partial charge in [0.1, 0.15) is 0 Å². The fourth-order valence-corrected chi connectivity index (χ4v) is 3.72. The molecule has 0 amide bonds. The molecule has 118 valence electrons. The van der Waals surface area contributed by atoms with Crippen molar-refractivity contribution in [1.29, 1.82) is 0 Å². The van der Waals surface area contributed by atoms with Crippen molar-refractivity contribution in [3.05, 3.63) is 24.3 Å². The highest BCUT2D eigenvalue weighted by molar-refractivity contribution is 7.92. The van der Waals surface area contributed by atoms with Crippen molar-refractivity contribution in [3.8, 4) is 0 Å². The summed E-state index contributed by atoms with van der Waals surface area (Å²) < 4.78 is 26.9. The molecule has 0 bridgehead atoms. The summed E-state index contributed by atoms with van der Waals surface area (Å²) in [6, 6.07) is 7.74. The van der Waals surface area contributed by atoms with Crippen molar-refractivity contribution in [3.63, 3.8) is 0 Å². The van der Waals surface area contributed by atoms with Gasteiger partial charge in [-0.25, -0.2) is 8.42 Å². The minimum atomic E-state index is -3.27. The number of anilines is 2. The quantitative estimate of drug-likeness (QED) is 0.844. The molecule has 0 spiro atoms. The van der Waals surface area contributed by atoms with E-state index in [2.05, 4.69) is 10.0 Å². The van der Waals surface area contributed by atoms with Crippen molar-refractivity contribution < 1.29 is 8.42 Å². The Balaban J connectivity index is 1.87. The third-order valence-corrected chi connectivity index (χ3v) is 5.12. The standard InChI is InChI=1S/C15H25N3O2S/c1-18(2)15-8-6-14(7-9-15)17-21(19,20)12-10-13-5-3-4-11-16-13/h6-9,13,16-17H,3-5,10-12H2,1-2H3. The Morgan fingerprint density at radius 3 is 2.52 bits per heavy atom. The highest BCUT2D eigenvalue weighted by atomic mass is 32.2. The average molecular weight is 311 g/mol. The Morgan fingerprint density at radius 1 is 1.24 bits per heavy atom. The van der Waals surface area contributed by atoms with E-state index in [0.29, 0.717) is 18.2 Å². The zero-order valence-electron chi connectivity index (χ0n) is 12.8. The second kappa shape index (κ2) is 7.13. The van der Waals surface area contributed by atoms with Crippen molar-refractivity contribution in [2.24, 2.45) is 0 Å². The van der Waals surface area contributed by atoms with E-state index in [1.54, 1.807) is 12.1 Å². The number of sulfonamides is 1. The molecule has 0 radical (unpaired) electrons. The molecule has 1 heterocycles. The molecule has 1 aliphatic rings. The monoisotopic (exact) mass is 311 g/mol. The highest BCUT2D eigenvalue weighted by Gasteiger charge is 2.17. The molecule has 0 saturated carbocycles. The van der Waals surface area contributed by atoms with E-state index in [-0.39, 0.29) is 5.75 Å². The number of nitrogens with zero attached hydrogens (tertiary/aromatic N) is 1.